The van der Waals surface area contributed by atoms with Gasteiger partial charge in [-0.3, -0.25) is 13.9 Å². The van der Waals surface area contributed by atoms with Crippen molar-refractivity contribution < 1.29 is 18.0 Å². The van der Waals surface area contributed by atoms with Crippen molar-refractivity contribution in [3.63, 3.8) is 0 Å². The van der Waals surface area contributed by atoms with Gasteiger partial charge in [0.1, 0.15) is 12.6 Å². The molecule has 0 bridgehead atoms. The van der Waals surface area contributed by atoms with Crippen LogP contribution in [0.5, 0.6) is 0 Å². The van der Waals surface area contributed by atoms with Gasteiger partial charge in [0.25, 0.3) is 0 Å². The molecule has 0 saturated heterocycles. The van der Waals surface area contributed by atoms with E-state index in [2.05, 4.69) is 5.32 Å². The Morgan fingerprint density at radius 2 is 1.71 bits per heavy atom. The summed E-state index contributed by atoms with van der Waals surface area (Å²) in [5, 5.41) is 3.06. The molecule has 2 amide bonds. The maximum absolute atomic E-state index is 13.5. The zero-order chi connectivity index (χ0) is 25.8. The fourth-order valence-electron chi connectivity index (χ4n) is 3.34. The second-order valence-electron chi connectivity index (χ2n) is 9.27. The van der Waals surface area contributed by atoms with Gasteiger partial charge in [-0.25, -0.2) is 8.42 Å². The first-order chi connectivity index (χ1) is 15.6. The SMILES string of the molecule is Cc1cccc(CN(C(=O)CN(c2cccc(Cl)c2Cl)S(C)(=O)=O)[C@@H](C)C(=O)NC(C)(C)C)c1. The minimum atomic E-state index is -3.90. The topological polar surface area (TPSA) is 86.8 Å². The van der Waals surface area contributed by atoms with Crippen LogP contribution in [0.4, 0.5) is 5.69 Å². The summed E-state index contributed by atoms with van der Waals surface area (Å²) in [6, 6.07) is 11.3. The fourth-order valence-corrected chi connectivity index (χ4v) is 4.65. The van der Waals surface area contributed by atoms with Crippen LogP contribution in [0.3, 0.4) is 0 Å². The summed E-state index contributed by atoms with van der Waals surface area (Å²) in [7, 11) is -3.90. The highest BCUT2D eigenvalue weighted by molar-refractivity contribution is 7.92. The molecule has 10 heteroatoms. The number of carbonyl (C=O) groups excluding carboxylic acids is 2. The van der Waals surface area contributed by atoms with Crippen molar-refractivity contribution in [2.45, 2.75) is 52.7 Å². The maximum Gasteiger partial charge on any atom is 0.244 e. The fraction of sp³-hybridized carbons (Fsp3) is 0.417. The van der Waals surface area contributed by atoms with Crippen LogP contribution in [0.1, 0.15) is 38.8 Å². The summed E-state index contributed by atoms with van der Waals surface area (Å²) in [6.45, 7) is 8.66. The van der Waals surface area contributed by atoms with Crippen molar-refractivity contribution in [3.8, 4) is 0 Å². The van der Waals surface area contributed by atoms with Crippen LogP contribution in [0.25, 0.3) is 0 Å². The molecule has 0 unspecified atom stereocenters. The van der Waals surface area contributed by atoms with E-state index in [9.17, 15) is 18.0 Å². The molecule has 7 nitrogen and oxygen atoms in total. The Morgan fingerprint density at radius 3 is 2.26 bits per heavy atom. The second kappa shape index (κ2) is 11.0. The third kappa shape index (κ3) is 7.61. The minimum absolute atomic E-state index is 0.0196. The second-order valence-corrected chi connectivity index (χ2v) is 12.0. The Hall–Kier alpha value is -2.29. The van der Waals surface area contributed by atoms with Crippen LogP contribution < -0.4 is 9.62 Å². The number of aryl methyl sites for hydroxylation is 1. The van der Waals surface area contributed by atoms with Gasteiger partial charge in [-0.1, -0.05) is 59.1 Å². The highest BCUT2D eigenvalue weighted by atomic mass is 35.5. The van der Waals surface area contributed by atoms with E-state index in [1.165, 1.54) is 17.0 Å². The number of carbonyl (C=O) groups is 2. The van der Waals surface area contributed by atoms with Crippen LogP contribution >= 0.6 is 23.2 Å². The summed E-state index contributed by atoms with van der Waals surface area (Å²) >= 11 is 12.3. The highest BCUT2D eigenvalue weighted by Crippen LogP contribution is 2.33. The number of benzene rings is 2. The summed E-state index contributed by atoms with van der Waals surface area (Å²) < 4.78 is 26.1. The molecular weight excluding hydrogens is 497 g/mol. The smallest absolute Gasteiger partial charge is 0.244 e. The lowest BCUT2D eigenvalue weighted by Gasteiger charge is -2.33. The number of amides is 2. The largest absolute Gasteiger partial charge is 0.350 e. The van der Waals surface area contributed by atoms with Gasteiger partial charge >= 0.3 is 0 Å². The molecular formula is C24H31Cl2N3O4S. The van der Waals surface area contributed by atoms with Crippen molar-refractivity contribution in [1.29, 1.82) is 0 Å². The van der Waals surface area contributed by atoms with E-state index in [1.807, 2.05) is 52.0 Å². The van der Waals surface area contributed by atoms with Gasteiger partial charge in [0.15, 0.2) is 0 Å². The van der Waals surface area contributed by atoms with Crippen LogP contribution in [0.15, 0.2) is 42.5 Å². The number of nitrogens with one attached hydrogen (secondary N) is 1. The van der Waals surface area contributed by atoms with E-state index in [4.69, 9.17) is 23.2 Å². The average Bonchev–Trinajstić information content (AvgIpc) is 2.70. The van der Waals surface area contributed by atoms with Crippen molar-refractivity contribution in [3.05, 3.63) is 63.6 Å². The molecule has 0 aromatic heterocycles. The van der Waals surface area contributed by atoms with Gasteiger partial charge in [0.05, 0.1) is 22.0 Å². The van der Waals surface area contributed by atoms with Gasteiger partial charge < -0.3 is 10.2 Å². The van der Waals surface area contributed by atoms with Crippen LogP contribution in [-0.4, -0.2) is 49.5 Å². The number of sulfonamides is 1. The highest BCUT2D eigenvalue weighted by Gasteiger charge is 2.32. The standard InChI is InChI=1S/C24H31Cl2N3O4S/c1-16-9-7-10-18(13-16)14-28(17(2)23(31)27-24(3,4)5)21(30)15-29(34(6,32)33)20-12-8-11-19(25)22(20)26/h7-13,17H,14-15H2,1-6H3,(H,27,31)/t17-/m0/s1. The Labute approximate surface area is 212 Å². The summed E-state index contributed by atoms with van der Waals surface area (Å²) in [4.78, 5) is 27.8. The van der Waals surface area contributed by atoms with Gasteiger partial charge in [0, 0.05) is 12.1 Å². The van der Waals surface area contributed by atoms with E-state index in [0.29, 0.717) is 0 Å². The number of hydrogen-bond acceptors (Lipinski definition) is 4. The zero-order valence-corrected chi connectivity index (χ0v) is 22.6. The van der Waals surface area contributed by atoms with Gasteiger partial charge in [-0.2, -0.15) is 0 Å². The van der Waals surface area contributed by atoms with Crippen molar-refractivity contribution in [1.82, 2.24) is 10.2 Å². The number of rotatable bonds is 8. The molecule has 0 heterocycles. The molecule has 1 N–H and O–H groups in total. The number of halogens is 2. The van der Waals surface area contributed by atoms with Crippen LogP contribution in [0, 0.1) is 6.92 Å². The Bertz CT molecular complexity index is 1160. The molecule has 0 aliphatic rings. The molecule has 2 aromatic carbocycles. The van der Waals surface area contributed by atoms with Crippen LogP contribution in [0.2, 0.25) is 10.0 Å². The molecule has 0 spiro atoms. The van der Waals surface area contributed by atoms with Gasteiger partial charge in [-0.05, 0) is 52.3 Å². The first-order valence-corrected chi connectivity index (χ1v) is 13.3. The molecule has 0 radical (unpaired) electrons. The van der Waals surface area contributed by atoms with Crippen LogP contribution in [-0.2, 0) is 26.2 Å². The predicted octanol–water partition coefficient (Wildman–Crippen LogP) is 4.40. The molecule has 186 valence electrons. The number of anilines is 1. The number of nitrogens with zero attached hydrogens (tertiary/aromatic N) is 2. The van der Waals surface area contributed by atoms with Crippen molar-refractivity contribution in [2.24, 2.45) is 0 Å². The van der Waals surface area contributed by atoms with Gasteiger partial charge in [-0.15, -0.1) is 0 Å². The average molecular weight is 529 g/mol. The van der Waals surface area contributed by atoms with E-state index < -0.39 is 34.1 Å². The summed E-state index contributed by atoms with van der Waals surface area (Å²) in [5.74, 6) is -0.903. The van der Waals surface area contributed by atoms with Gasteiger partial charge in [0.2, 0.25) is 21.8 Å². The Kier molecular flexibility index (Phi) is 9.02. The molecule has 0 aliphatic carbocycles. The van der Waals surface area contributed by atoms with Crippen molar-refractivity contribution in [2.75, 3.05) is 17.1 Å². The molecule has 34 heavy (non-hydrogen) atoms. The van der Waals surface area contributed by atoms with E-state index in [1.54, 1.807) is 13.0 Å². The lowest BCUT2D eigenvalue weighted by molar-refractivity contribution is -0.140. The first-order valence-electron chi connectivity index (χ1n) is 10.7. The molecule has 1 atom stereocenters. The number of hydrogen-bond donors (Lipinski definition) is 1. The monoisotopic (exact) mass is 527 g/mol. The predicted molar refractivity (Wildman–Crippen MR) is 138 cm³/mol. The molecule has 0 fully saturated rings. The van der Waals surface area contributed by atoms with E-state index in [0.717, 1.165) is 21.7 Å². The summed E-state index contributed by atoms with van der Waals surface area (Å²) in [5.41, 5.74) is 1.40. The third-order valence-corrected chi connectivity index (χ3v) is 6.92. The Balaban J connectivity index is 2.45. The minimum Gasteiger partial charge on any atom is -0.350 e. The molecule has 2 rings (SSSR count). The Morgan fingerprint density at radius 1 is 1.09 bits per heavy atom. The first kappa shape index (κ1) is 28.0. The zero-order valence-electron chi connectivity index (χ0n) is 20.2. The van der Waals surface area contributed by atoms with E-state index in [-0.39, 0.29) is 28.2 Å². The van der Waals surface area contributed by atoms with E-state index >= 15 is 0 Å². The molecule has 2 aromatic rings. The lowest BCUT2D eigenvalue weighted by atomic mass is 10.1. The molecule has 0 aliphatic heterocycles. The lowest BCUT2D eigenvalue weighted by Crippen LogP contribution is -2.54. The molecule has 0 saturated carbocycles. The third-order valence-electron chi connectivity index (χ3n) is 4.98. The maximum atomic E-state index is 13.5. The normalized spacial score (nSPS) is 12.7. The van der Waals surface area contributed by atoms with Crippen molar-refractivity contribution >= 4 is 50.7 Å². The summed E-state index contributed by atoms with van der Waals surface area (Å²) in [6.07, 6.45) is 0.984. The quantitative estimate of drug-likeness (QED) is 0.551.